The lowest BCUT2D eigenvalue weighted by molar-refractivity contribution is 0.0705. The number of hydrogen-bond donors (Lipinski definition) is 0. The van der Waals surface area contributed by atoms with E-state index in [-0.39, 0.29) is 5.71 Å². The van der Waals surface area contributed by atoms with Gasteiger partial charge in [-0.2, -0.15) is 0 Å². The van der Waals surface area contributed by atoms with E-state index in [4.69, 9.17) is 9.26 Å². The molecular weight excluding hydrogens is 365 g/mol. The minimum Gasteiger partial charge on any atom is -0.455 e. The van der Waals surface area contributed by atoms with Gasteiger partial charge in [-0.3, -0.25) is 4.98 Å². The maximum absolute atomic E-state index is 11.9. The van der Waals surface area contributed by atoms with Crippen molar-refractivity contribution in [2.24, 2.45) is 0 Å². The summed E-state index contributed by atoms with van der Waals surface area (Å²) in [6.07, 6.45) is 0. The fourth-order valence-corrected chi connectivity index (χ4v) is 2.94. The molecule has 1 aromatic heterocycles. The van der Waals surface area contributed by atoms with Crippen LogP contribution in [0, 0.1) is 0 Å². The molecule has 0 aliphatic heterocycles. The lowest BCUT2D eigenvalue weighted by Crippen LogP contribution is -2.22. The summed E-state index contributed by atoms with van der Waals surface area (Å²) in [6.45, 7) is 7.58. The lowest BCUT2D eigenvalue weighted by atomic mass is 10.2. The van der Waals surface area contributed by atoms with E-state index in [1.54, 1.807) is 6.66 Å². The van der Waals surface area contributed by atoms with Gasteiger partial charge in [0.05, 0.1) is 17.8 Å². The molecule has 2 aromatic rings. The fourth-order valence-electron chi connectivity index (χ4n) is 1.75. The molecule has 1 atom stereocenters. The Kier molecular flexibility index (Phi) is 5.54. The third-order valence-electron chi connectivity index (χ3n) is 2.77. The van der Waals surface area contributed by atoms with Gasteiger partial charge in [0.2, 0.25) is 0 Å². The molecule has 6 heteroatoms. The first-order chi connectivity index (χ1) is 10.2. The number of carbonyl (C=O) groups is 1. The first kappa shape index (κ1) is 17.3. The minimum atomic E-state index is -1.29. The monoisotopic (exact) mass is 383 g/mol. The van der Waals surface area contributed by atoms with E-state index in [2.05, 4.69) is 20.9 Å². The van der Waals surface area contributed by atoms with E-state index in [0.29, 0.717) is 6.61 Å². The Balaban J connectivity index is 2.00. The molecule has 0 saturated carbocycles. The van der Waals surface area contributed by atoms with Gasteiger partial charge in [0.25, 0.3) is 0 Å². The summed E-state index contributed by atoms with van der Waals surface area (Å²) in [5.41, 5.74) is 0.896. The average molecular weight is 384 g/mol. The predicted molar refractivity (Wildman–Crippen MR) is 93.3 cm³/mol. The van der Waals surface area contributed by atoms with Crippen LogP contribution in [-0.4, -0.2) is 23.0 Å². The van der Waals surface area contributed by atoms with E-state index >= 15 is 0 Å². The van der Waals surface area contributed by atoms with Crippen LogP contribution in [0.25, 0.3) is 10.9 Å². The lowest BCUT2D eigenvalue weighted by Gasteiger charge is -2.21. The summed E-state index contributed by atoms with van der Waals surface area (Å²) in [7, 11) is -1.29. The van der Waals surface area contributed by atoms with E-state index in [0.717, 1.165) is 21.1 Å². The number of ether oxygens (including phenoxy) is 1. The first-order valence-corrected chi connectivity index (χ1v) is 9.39. The highest BCUT2D eigenvalue weighted by atomic mass is 79.9. The minimum absolute atomic E-state index is 0.296. The van der Waals surface area contributed by atoms with Crippen LogP contribution in [0.2, 0.25) is 0 Å². The zero-order valence-electron chi connectivity index (χ0n) is 13.1. The third-order valence-corrected chi connectivity index (χ3v) is 4.38. The Hall–Kier alpha value is -1.03. The normalized spacial score (nSPS) is 13.1. The van der Waals surface area contributed by atoms with Gasteiger partial charge in [0.1, 0.15) is 13.7 Å². The fraction of sp³-hybridized carbons (Fsp3) is 0.375. The molecule has 2 rings (SSSR count). The summed E-state index contributed by atoms with van der Waals surface area (Å²) in [4.78, 5) is 16.4. The topological polar surface area (TPSA) is 48.4 Å². The number of halogens is 1. The first-order valence-electron chi connectivity index (χ1n) is 6.89. The number of fused-ring (bicyclic) bond motifs is 1. The molecule has 0 saturated heterocycles. The quantitative estimate of drug-likeness (QED) is 0.656. The van der Waals surface area contributed by atoms with Crippen LogP contribution >= 0.6 is 24.1 Å². The van der Waals surface area contributed by atoms with Crippen LogP contribution in [-0.2, 0) is 15.9 Å². The maximum Gasteiger partial charge on any atom is 0.354 e. The molecular formula is C16H19BrNO3P. The van der Waals surface area contributed by atoms with Crippen molar-refractivity contribution in [2.45, 2.75) is 33.0 Å². The Bertz CT molecular complexity index is 685. The van der Waals surface area contributed by atoms with Crippen LogP contribution in [0.4, 0.5) is 4.79 Å². The summed E-state index contributed by atoms with van der Waals surface area (Å²) in [6, 6.07) is 9.85. The van der Waals surface area contributed by atoms with Crippen LogP contribution in [0.1, 0.15) is 26.5 Å². The molecule has 22 heavy (non-hydrogen) atoms. The van der Waals surface area contributed by atoms with Crippen LogP contribution in [0.3, 0.4) is 0 Å². The van der Waals surface area contributed by atoms with E-state index < -0.39 is 13.7 Å². The third kappa shape index (κ3) is 5.01. The Labute approximate surface area is 140 Å². The molecule has 1 unspecified atom stereocenters. The van der Waals surface area contributed by atoms with Crippen molar-refractivity contribution in [3.05, 3.63) is 40.5 Å². The summed E-state index contributed by atoms with van der Waals surface area (Å²) >= 11 is 3.44. The molecule has 0 bridgehead atoms. The maximum atomic E-state index is 11.9. The van der Waals surface area contributed by atoms with Gasteiger partial charge in [0, 0.05) is 9.86 Å². The average Bonchev–Trinajstić information content (AvgIpc) is 2.42. The second kappa shape index (κ2) is 7.03. The molecule has 0 N–H and O–H groups in total. The van der Waals surface area contributed by atoms with Gasteiger partial charge in [-0.25, -0.2) is 4.79 Å². The summed E-state index contributed by atoms with van der Waals surface area (Å²) in [5, 5.41) is 1.07. The van der Waals surface area contributed by atoms with Gasteiger partial charge in [0.15, 0.2) is 0 Å². The molecule has 0 radical (unpaired) electrons. The second-order valence-corrected chi connectivity index (χ2v) is 8.42. The molecule has 1 aromatic carbocycles. The van der Waals surface area contributed by atoms with Crippen molar-refractivity contribution in [2.75, 3.05) is 6.66 Å². The van der Waals surface area contributed by atoms with Gasteiger partial charge in [-0.1, -0.05) is 28.1 Å². The number of aromatic nitrogens is 1. The number of benzene rings is 1. The summed E-state index contributed by atoms with van der Waals surface area (Å²) < 4.78 is 11.9. The molecule has 0 amide bonds. The predicted octanol–water partition coefficient (Wildman–Crippen LogP) is 5.48. The number of rotatable bonds is 4. The van der Waals surface area contributed by atoms with Crippen molar-refractivity contribution in [1.82, 2.24) is 4.98 Å². The smallest absolute Gasteiger partial charge is 0.354 e. The van der Waals surface area contributed by atoms with Crippen molar-refractivity contribution in [3.63, 3.8) is 0 Å². The number of pyridine rings is 1. The van der Waals surface area contributed by atoms with Crippen molar-refractivity contribution < 1.29 is 14.1 Å². The highest BCUT2D eigenvalue weighted by Crippen LogP contribution is 2.37. The molecule has 0 aliphatic carbocycles. The van der Waals surface area contributed by atoms with Crippen LogP contribution < -0.4 is 0 Å². The number of nitrogens with zero attached hydrogens (tertiary/aromatic N) is 1. The standard InChI is InChI=1S/C16H19BrNO3P/c1-16(2,3)21-15(19)22(4)20-10-13-8-6-11-5-7-12(17)9-14(11)18-13/h5-9H,10H2,1-4H3. The number of hydrogen-bond acceptors (Lipinski definition) is 4. The van der Waals surface area contributed by atoms with Gasteiger partial charge in [-0.05, 0) is 45.6 Å². The SMILES string of the molecule is CP(OCc1ccc2ccc(Br)cc2n1)C(=O)OC(C)(C)C. The van der Waals surface area contributed by atoms with Crippen molar-refractivity contribution in [1.29, 1.82) is 0 Å². The van der Waals surface area contributed by atoms with Gasteiger partial charge in [-0.15, -0.1) is 0 Å². The van der Waals surface area contributed by atoms with E-state index in [9.17, 15) is 4.79 Å². The van der Waals surface area contributed by atoms with E-state index in [1.807, 2.05) is 51.1 Å². The molecule has 0 spiro atoms. The number of carbonyl (C=O) groups excluding carboxylic acids is 1. The van der Waals surface area contributed by atoms with Gasteiger partial charge < -0.3 is 9.26 Å². The molecule has 118 valence electrons. The molecule has 4 nitrogen and oxygen atoms in total. The zero-order valence-corrected chi connectivity index (χ0v) is 15.6. The van der Waals surface area contributed by atoms with Crippen molar-refractivity contribution >= 4 is 40.7 Å². The van der Waals surface area contributed by atoms with Gasteiger partial charge >= 0.3 is 5.71 Å². The molecule has 0 fully saturated rings. The second-order valence-electron chi connectivity index (χ2n) is 5.89. The molecule has 1 heterocycles. The molecule has 0 aliphatic rings. The highest BCUT2D eigenvalue weighted by molar-refractivity contribution is 9.10. The highest BCUT2D eigenvalue weighted by Gasteiger charge is 2.22. The van der Waals surface area contributed by atoms with Crippen molar-refractivity contribution in [3.8, 4) is 0 Å². The van der Waals surface area contributed by atoms with Crippen LogP contribution in [0.5, 0.6) is 0 Å². The Morgan fingerprint density at radius 1 is 1.27 bits per heavy atom. The Morgan fingerprint density at radius 2 is 1.95 bits per heavy atom. The zero-order chi connectivity index (χ0) is 16.3. The Morgan fingerprint density at radius 3 is 2.64 bits per heavy atom. The van der Waals surface area contributed by atoms with E-state index in [1.165, 1.54) is 0 Å². The van der Waals surface area contributed by atoms with Crippen LogP contribution in [0.15, 0.2) is 34.8 Å². The summed E-state index contributed by atoms with van der Waals surface area (Å²) in [5.74, 6) is 0. The largest absolute Gasteiger partial charge is 0.455 e.